The lowest BCUT2D eigenvalue weighted by atomic mass is 10.1. The number of aromatic nitrogens is 2. The predicted molar refractivity (Wildman–Crippen MR) is 88.0 cm³/mol. The lowest BCUT2D eigenvalue weighted by Crippen LogP contribution is -2.41. The van der Waals surface area contributed by atoms with Crippen LogP contribution in [0.3, 0.4) is 0 Å². The second kappa shape index (κ2) is 7.43. The van der Waals surface area contributed by atoms with E-state index in [2.05, 4.69) is 26.2 Å². The highest BCUT2D eigenvalue weighted by Crippen LogP contribution is 2.18. The van der Waals surface area contributed by atoms with Crippen molar-refractivity contribution in [2.24, 2.45) is 0 Å². The second-order valence-electron chi connectivity index (χ2n) is 5.13. The van der Waals surface area contributed by atoms with Gasteiger partial charge >= 0.3 is 11.9 Å². The van der Waals surface area contributed by atoms with Crippen LogP contribution in [0, 0.1) is 0 Å². The van der Waals surface area contributed by atoms with Crippen LogP contribution in [0.15, 0.2) is 22.8 Å². The zero-order valence-electron chi connectivity index (χ0n) is 12.8. The fraction of sp³-hybridized carbons (Fsp3) is 0.333. The fourth-order valence-corrected chi connectivity index (χ4v) is 2.64. The maximum Gasteiger partial charge on any atom is 0.326 e. The Morgan fingerprint density at radius 2 is 2.04 bits per heavy atom. The number of amides is 1. The van der Waals surface area contributed by atoms with Gasteiger partial charge in [0.2, 0.25) is 0 Å². The lowest BCUT2D eigenvalue weighted by molar-refractivity contribution is -0.140. The van der Waals surface area contributed by atoms with Crippen LogP contribution in [0.25, 0.3) is 5.65 Å². The Labute approximate surface area is 145 Å². The van der Waals surface area contributed by atoms with Crippen LogP contribution in [0.5, 0.6) is 0 Å². The zero-order valence-corrected chi connectivity index (χ0v) is 14.4. The van der Waals surface area contributed by atoms with Crippen LogP contribution >= 0.6 is 15.9 Å². The molecule has 3 N–H and O–H groups in total. The molecule has 0 radical (unpaired) electrons. The number of carboxylic acid groups (broad SMARTS) is 2. The standard InChI is InChI=1S/C15H16BrN3O5/c1-2-9-13(19-7-8(16)3-5-11(19)17-9)14(22)18-10(15(23)24)4-6-12(20)21/h3,5,7,10H,2,4,6H2,1H3,(H,18,22)(H,20,21)(H,23,24). The van der Waals surface area contributed by atoms with Gasteiger partial charge in [-0.05, 0) is 40.9 Å². The summed E-state index contributed by atoms with van der Waals surface area (Å²) >= 11 is 3.32. The number of fused-ring (bicyclic) bond motifs is 1. The molecule has 0 aliphatic rings. The third kappa shape index (κ3) is 3.91. The Bertz CT molecular complexity index is 802. The van der Waals surface area contributed by atoms with Crippen molar-refractivity contribution in [3.63, 3.8) is 0 Å². The molecule has 0 aliphatic heterocycles. The number of imidazole rings is 1. The number of rotatable bonds is 7. The van der Waals surface area contributed by atoms with Crippen LogP contribution < -0.4 is 5.32 Å². The van der Waals surface area contributed by atoms with Gasteiger partial charge in [-0.25, -0.2) is 9.78 Å². The van der Waals surface area contributed by atoms with Crippen molar-refractivity contribution in [1.29, 1.82) is 0 Å². The lowest BCUT2D eigenvalue weighted by Gasteiger charge is -2.14. The maximum atomic E-state index is 12.6. The van der Waals surface area contributed by atoms with E-state index in [4.69, 9.17) is 5.11 Å². The number of nitrogens with one attached hydrogen (secondary N) is 1. The fourth-order valence-electron chi connectivity index (χ4n) is 2.31. The van der Waals surface area contributed by atoms with Crippen LogP contribution in [-0.2, 0) is 16.0 Å². The van der Waals surface area contributed by atoms with Gasteiger partial charge in [-0.1, -0.05) is 6.92 Å². The quantitative estimate of drug-likeness (QED) is 0.653. The molecule has 8 nitrogen and oxygen atoms in total. The molecule has 2 aromatic heterocycles. The minimum atomic E-state index is -1.28. The summed E-state index contributed by atoms with van der Waals surface area (Å²) in [6.07, 6.45) is 1.62. The topological polar surface area (TPSA) is 121 Å². The molecule has 0 spiro atoms. The van der Waals surface area contributed by atoms with Crippen molar-refractivity contribution >= 4 is 39.4 Å². The van der Waals surface area contributed by atoms with E-state index in [-0.39, 0.29) is 18.5 Å². The van der Waals surface area contributed by atoms with E-state index >= 15 is 0 Å². The van der Waals surface area contributed by atoms with Gasteiger partial charge < -0.3 is 15.5 Å². The average molecular weight is 398 g/mol. The van der Waals surface area contributed by atoms with E-state index in [0.29, 0.717) is 17.8 Å². The number of hydrogen-bond donors (Lipinski definition) is 3. The number of nitrogens with zero attached hydrogens (tertiary/aromatic N) is 2. The predicted octanol–water partition coefficient (Wildman–Crippen LogP) is 1.71. The van der Waals surface area contributed by atoms with E-state index in [1.807, 2.05) is 6.92 Å². The monoisotopic (exact) mass is 397 g/mol. The third-order valence-corrected chi connectivity index (χ3v) is 3.92. The first-order chi connectivity index (χ1) is 11.3. The van der Waals surface area contributed by atoms with E-state index in [1.165, 1.54) is 0 Å². The summed E-state index contributed by atoms with van der Waals surface area (Å²) in [6.45, 7) is 1.84. The van der Waals surface area contributed by atoms with E-state index in [9.17, 15) is 19.5 Å². The molecular formula is C15H16BrN3O5. The van der Waals surface area contributed by atoms with Gasteiger partial charge in [-0.2, -0.15) is 0 Å². The highest BCUT2D eigenvalue weighted by Gasteiger charge is 2.25. The van der Waals surface area contributed by atoms with Crippen molar-refractivity contribution in [3.8, 4) is 0 Å². The van der Waals surface area contributed by atoms with Crippen LogP contribution in [0.2, 0.25) is 0 Å². The summed E-state index contributed by atoms with van der Waals surface area (Å²) in [4.78, 5) is 38.8. The van der Waals surface area contributed by atoms with Crippen LogP contribution in [0.1, 0.15) is 35.9 Å². The molecule has 0 fully saturated rings. The van der Waals surface area contributed by atoms with Crippen molar-refractivity contribution in [1.82, 2.24) is 14.7 Å². The highest BCUT2D eigenvalue weighted by molar-refractivity contribution is 9.10. The van der Waals surface area contributed by atoms with Gasteiger partial charge in [0.25, 0.3) is 5.91 Å². The summed E-state index contributed by atoms with van der Waals surface area (Å²) in [5.74, 6) is -3.00. The Balaban J connectivity index is 2.34. The molecule has 1 atom stereocenters. The van der Waals surface area contributed by atoms with Gasteiger partial charge in [0.1, 0.15) is 17.4 Å². The van der Waals surface area contributed by atoms with Gasteiger partial charge in [-0.3, -0.25) is 14.0 Å². The van der Waals surface area contributed by atoms with Crippen molar-refractivity contribution in [2.45, 2.75) is 32.2 Å². The number of halogens is 1. The van der Waals surface area contributed by atoms with Gasteiger partial charge in [0.05, 0.1) is 5.69 Å². The van der Waals surface area contributed by atoms with Crippen LogP contribution in [0.4, 0.5) is 0 Å². The van der Waals surface area contributed by atoms with Crippen molar-refractivity contribution < 1.29 is 24.6 Å². The number of aliphatic carboxylic acids is 2. The van der Waals surface area contributed by atoms with Crippen molar-refractivity contribution in [3.05, 3.63) is 34.2 Å². The summed E-state index contributed by atoms with van der Waals surface area (Å²) in [6, 6.07) is 2.24. The summed E-state index contributed by atoms with van der Waals surface area (Å²) in [5, 5.41) is 20.3. The molecule has 2 rings (SSSR count). The van der Waals surface area contributed by atoms with Gasteiger partial charge in [0, 0.05) is 17.1 Å². The Morgan fingerprint density at radius 3 is 2.62 bits per heavy atom. The molecule has 2 heterocycles. The number of carboxylic acids is 2. The first-order valence-electron chi connectivity index (χ1n) is 7.25. The number of carbonyl (C=O) groups is 3. The largest absolute Gasteiger partial charge is 0.481 e. The highest BCUT2D eigenvalue weighted by atomic mass is 79.9. The van der Waals surface area contributed by atoms with E-state index in [1.54, 1.807) is 22.7 Å². The van der Waals surface area contributed by atoms with Gasteiger partial charge in [0.15, 0.2) is 0 Å². The maximum absolute atomic E-state index is 12.6. The average Bonchev–Trinajstić information content (AvgIpc) is 2.88. The first-order valence-corrected chi connectivity index (χ1v) is 8.04. The number of hydrogen-bond acceptors (Lipinski definition) is 4. The molecule has 9 heteroatoms. The molecule has 24 heavy (non-hydrogen) atoms. The van der Waals surface area contributed by atoms with E-state index < -0.39 is 23.9 Å². The molecule has 0 aromatic carbocycles. The Morgan fingerprint density at radius 1 is 1.33 bits per heavy atom. The summed E-state index contributed by atoms with van der Waals surface area (Å²) in [5.41, 5.74) is 1.35. The zero-order chi connectivity index (χ0) is 17.9. The number of aryl methyl sites for hydroxylation is 1. The normalized spacial score (nSPS) is 12.1. The Hall–Kier alpha value is -2.42. The molecule has 2 aromatic rings. The molecule has 1 amide bonds. The summed E-state index contributed by atoms with van der Waals surface area (Å²) < 4.78 is 2.32. The molecule has 0 bridgehead atoms. The van der Waals surface area contributed by atoms with Crippen LogP contribution in [-0.4, -0.2) is 43.5 Å². The molecular weight excluding hydrogens is 382 g/mol. The van der Waals surface area contributed by atoms with Crippen molar-refractivity contribution in [2.75, 3.05) is 0 Å². The smallest absolute Gasteiger partial charge is 0.326 e. The number of pyridine rings is 1. The van der Waals surface area contributed by atoms with E-state index in [0.717, 1.165) is 4.47 Å². The molecule has 1 unspecified atom stereocenters. The molecule has 128 valence electrons. The molecule has 0 saturated heterocycles. The minimum absolute atomic E-state index is 0.196. The SMILES string of the molecule is CCc1nc2ccc(Br)cn2c1C(=O)NC(CCC(=O)O)C(=O)O. The molecule has 0 aliphatic carbocycles. The Kier molecular flexibility index (Phi) is 5.55. The third-order valence-electron chi connectivity index (χ3n) is 3.45. The number of carbonyl (C=O) groups excluding carboxylic acids is 1. The second-order valence-corrected chi connectivity index (χ2v) is 6.05. The summed E-state index contributed by atoms with van der Waals surface area (Å²) in [7, 11) is 0. The van der Waals surface area contributed by atoms with Gasteiger partial charge in [-0.15, -0.1) is 0 Å². The minimum Gasteiger partial charge on any atom is -0.481 e. The first kappa shape index (κ1) is 17.9. The molecule has 0 saturated carbocycles.